The minimum atomic E-state index is -0.649. The molecule has 4 N–H and O–H groups in total. The number of nitrogens with one attached hydrogen (secondary N) is 2. The van der Waals surface area contributed by atoms with E-state index < -0.39 is 6.03 Å². The number of primary amides is 1. The Kier molecular flexibility index (Phi) is 9.71. The summed E-state index contributed by atoms with van der Waals surface area (Å²) < 4.78 is 0. The topological polar surface area (TPSA) is 67.2 Å². The Hall–Kier alpha value is -0.840. The van der Waals surface area contributed by atoms with Crippen molar-refractivity contribution >= 4 is 23.4 Å². The van der Waals surface area contributed by atoms with Gasteiger partial charge >= 0.3 is 6.03 Å². The van der Waals surface area contributed by atoms with Crippen molar-refractivity contribution in [1.29, 1.82) is 0 Å². The third-order valence-electron chi connectivity index (χ3n) is 0.464. The van der Waals surface area contributed by atoms with Crippen molar-refractivity contribution in [2.75, 3.05) is 7.05 Å². The summed E-state index contributed by atoms with van der Waals surface area (Å²) in [4.78, 5) is 9.95. The highest BCUT2D eigenvalue weighted by Gasteiger charge is 1.91. The second-order valence-corrected chi connectivity index (χ2v) is 1.48. The first-order chi connectivity index (χ1) is 4.66. The zero-order valence-electron chi connectivity index (χ0n) is 6.39. The normalized spacial score (nSPS) is 6.70. The first kappa shape index (κ1) is 11.9. The molecule has 0 bridgehead atoms. The molecule has 4 nitrogen and oxygen atoms in total. The van der Waals surface area contributed by atoms with Gasteiger partial charge in [-0.2, -0.15) is 0 Å². The van der Waals surface area contributed by atoms with Crippen LogP contribution in [0, 0.1) is 0 Å². The van der Waals surface area contributed by atoms with Crippen molar-refractivity contribution in [3.8, 4) is 0 Å². The van der Waals surface area contributed by atoms with E-state index in [0.717, 1.165) is 0 Å². The van der Waals surface area contributed by atoms with E-state index in [9.17, 15) is 4.79 Å². The van der Waals surface area contributed by atoms with Gasteiger partial charge in [-0.3, -0.25) is 5.32 Å². The molecule has 0 aliphatic rings. The molecule has 0 saturated heterocycles. The van der Waals surface area contributed by atoms with Gasteiger partial charge in [-0.1, -0.05) is 13.8 Å². The van der Waals surface area contributed by atoms with Gasteiger partial charge in [-0.05, 0) is 12.2 Å². The molecule has 0 fully saturated rings. The summed E-state index contributed by atoms with van der Waals surface area (Å²) in [6.07, 6.45) is 0. The monoisotopic (exact) mass is 163 g/mol. The van der Waals surface area contributed by atoms with E-state index in [1.165, 1.54) is 0 Å². The second kappa shape index (κ2) is 8.16. The largest absolute Gasteiger partial charge is 0.365 e. The summed E-state index contributed by atoms with van der Waals surface area (Å²) in [5, 5.41) is 4.90. The number of nitrogens with two attached hydrogens (primary N) is 1. The van der Waals surface area contributed by atoms with Crippen molar-refractivity contribution < 1.29 is 4.79 Å². The standard InChI is InChI=1S/C3H7N3OS.C2H6/c1-5-3(8)6-2(4)7;1-2/h1H3,(H4,4,5,6,7,8);1-2H3. The maximum absolute atomic E-state index is 9.95. The van der Waals surface area contributed by atoms with Gasteiger partial charge < -0.3 is 11.1 Å². The molecule has 0 aromatic carbocycles. The molecule has 0 radical (unpaired) electrons. The Morgan fingerprint density at radius 3 is 2.00 bits per heavy atom. The van der Waals surface area contributed by atoms with E-state index in [1.54, 1.807) is 7.05 Å². The molecule has 0 heterocycles. The van der Waals surface area contributed by atoms with Crippen LogP contribution >= 0.6 is 12.2 Å². The number of carbonyl (C=O) groups is 1. The number of hydrogen-bond donors (Lipinski definition) is 3. The molecule has 0 atom stereocenters. The van der Waals surface area contributed by atoms with Crippen LogP contribution in [0.3, 0.4) is 0 Å². The fourth-order valence-corrected chi connectivity index (χ4v) is 0.275. The smallest absolute Gasteiger partial charge is 0.318 e. The number of thiocarbonyl (C=S) groups is 1. The summed E-state index contributed by atoms with van der Waals surface area (Å²) in [5.41, 5.74) is 4.69. The Bertz CT molecular complexity index is 115. The second-order valence-electron chi connectivity index (χ2n) is 1.07. The number of hydrogen-bond acceptors (Lipinski definition) is 2. The third-order valence-corrected chi connectivity index (χ3v) is 0.770. The van der Waals surface area contributed by atoms with E-state index in [0.29, 0.717) is 0 Å². The lowest BCUT2D eigenvalue weighted by atomic mass is 10.9. The summed E-state index contributed by atoms with van der Waals surface area (Å²) in [7, 11) is 1.60. The van der Waals surface area contributed by atoms with Crippen molar-refractivity contribution in [3.63, 3.8) is 0 Å². The Morgan fingerprint density at radius 1 is 1.50 bits per heavy atom. The molecule has 0 aromatic rings. The molecule has 60 valence electrons. The van der Waals surface area contributed by atoms with Gasteiger partial charge in [0.05, 0.1) is 0 Å². The van der Waals surface area contributed by atoms with Gasteiger partial charge in [-0.25, -0.2) is 4.79 Å². The van der Waals surface area contributed by atoms with Crippen LogP contribution in [0.2, 0.25) is 0 Å². The zero-order chi connectivity index (χ0) is 8.57. The average Bonchev–Trinajstić information content (AvgIpc) is 1.91. The summed E-state index contributed by atoms with van der Waals surface area (Å²) in [6, 6.07) is -0.649. The third kappa shape index (κ3) is 10.2. The van der Waals surface area contributed by atoms with E-state index >= 15 is 0 Å². The minimum Gasteiger partial charge on any atom is -0.365 e. The summed E-state index contributed by atoms with van der Waals surface area (Å²) in [6.45, 7) is 4.00. The molecular formula is C5H13N3OS. The van der Waals surface area contributed by atoms with Crippen molar-refractivity contribution in [3.05, 3.63) is 0 Å². The van der Waals surface area contributed by atoms with Crippen molar-refractivity contribution in [1.82, 2.24) is 10.6 Å². The highest BCUT2D eigenvalue weighted by atomic mass is 32.1. The first-order valence-corrected chi connectivity index (χ1v) is 3.36. The Morgan fingerprint density at radius 2 is 1.90 bits per heavy atom. The lowest BCUT2D eigenvalue weighted by Gasteiger charge is -1.99. The van der Waals surface area contributed by atoms with Crippen LogP contribution in [-0.4, -0.2) is 18.2 Å². The van der Waals surface area contributed by atoms with Gasteiger partial charge in [-0.15, -0.1) is 0 Å². The first-order valence-electron chi connectivity index (χ1n) is 2.95. The van der Waals surface area contributed by atoms with E-state index in [1.807, 2.05) is 13.8 Å². The Balaban J connectivity index is 0. The van der Waals surface area contributed by atoms with Gasteiger partial charge in [0.15, 0.2) is 5.11 Å². The van der Waals surface area contributed by atoms with Crippen LogP contribution < -0.4 is 16.4 Å². The maximum atomic E-state index is 9.95. The molecule has 0 aliphatic heterocycles. The van der Waals surface area contributed by atoms with Gasteiger partial charge in [0.1, 0.15) is 0 Å². The SMILES string of the molecule is CC.CNC(=S)NC(N)=O. The fourth-order valence-electron chi connectivity index (χ4n) is 0.174. The predicted octanol–water partition coefficient (Wildman–Crippen LogP) is 0.185. The molecule has 0 saturated carbocycles. The number of urea groups is 1. The van der Waals surface area contributed by atoms with E-state index in [-0.39, 0.29) is 5.11 Å². The molecule has 2 amide bonds. The molecule has 0 aliphatic carbocycles. The van der Waals surface area contributed by atoms with Crippen LogP contribution in [0.4, 0.5) is 4.79 Å². The van der Waals surface area contributed by atoms with Crippen LogP contribution in [-0.2, 0) is 0 Å². The van der Waals surface area contributed by atoms with Crippen molar-refractivity contribution in [2.45, 2.75) is 13.8 Å². The molecule has 0 rings (SSSR count). The van der Waals surface area contributed by atoms with Crippen LogP contribution in [0.1, 0.15) is 13.8 Å². The molecular weight excluding hydrogens is 150 g/mol. The summed E-state index contributed by atoms with van der Waals surface area (Å²) >= 11 is 4.51. The lowest BCUT2D eigenvalue weighted by molar-refractivity contribution is 0.253. The summed E-state index contributed by atoms with van der Waals surface area (Å²) in [5.74, 6) is 0. The molecule has 5 heteroatoms. The molecule has 0 spiro atoms. The predicted molar refractivity (Wildman–Crippen MR) is 45.7 cm³/mol. The van der Waals surface area contributed by atoms with Gasteiger partial charge in [0, 0.05) is 7.05 Å². The molecule has 0 aromatic heterocycles. The van der Waals surface area contributed by atoms with Gasteiger partial charge in [0.25, 0.3) is 0 Å². The molecule has 10 heavy (non-hydrogen) atoms. The van der Waals surface area contributed by atoms with Gasteiger partial charge in [0.2, 0.25) is 0 Å². The lowest BCUT2D eigenvalue weighted by Crippen LogP contribution is -2.40. The quantitative estimate of drug-likeness (QED) is 0.446. The zero-order valence-corrected chi connectivity index (χ0v) is 7.21. The van der Waals surface area contributed by atoms with Crippen LogP contribution in [0.5, 0.6) is 0 Å². The highest BCUT2D eigenvalue weighted by Crippen LogP contribution is 1.59. The van der Waals surface area contributed by atoms with Crippen LogP contribution in [0.15, 0.2) is 0 Å². The maximum Gasteiger partial charge on any atom is 0.318 e. The Labute approximate surface area is 66.2 Å². The molecule has 0 unspecified atom stereocenters. The highest BCUT2D eigenvalue weighted by molar-refractivity contribution is 7.80. The number of amides is 2. The van der Waals surface area contributed by atoms with E-state index in [4.69, 9.17) is 5.73 Å². The average molecular weight is 163 g/mol. The number of carbonyl (C=O) groups excluding carboxylic acids is 1. The van der Waals surface area contributed by atoms with E-state index in [2.05, 4.69) is 22.9 Å². The number of rotatable bonds is 0. The van der Waals surface area contributed by atoms with Crippen LogP contribution in [0.25, 0.3) is 0 Å². The fraction of sp³-hybridized carbons (Fsp3) is 0.600. The minimum absolute atomic E-state index is 0.234. The van der Waals surface area contributed by atoms with Crippen molar-refractivity contribution in [2.24, 2.45) is 5.73 Å².